The van der Waals surface area contributed by atoms with Crippen LogP contribution in [-0.2, 0) is 0 Å². The Bertz CT molecular complexity index is 215. The van der Waals surface area contributed by atoms with Gasteiger partial charge in [-0.1, -0.05) is 39.0 Å². The van der Waals surface area contributed by atoms with Crippen molar-refractivity contribution in [2.45, 2.75) is 45.4 Å². The van der Waals surface area contributed by atoms with Crippen LogP contribution in [0, 0.1) is 0 Å². The maximum atomic E-state index is 10.7. The standard InChI is InChI=1S/C10H25NO6P2/c1-2-3-4-5-6-7-8-11(9-18(12,13)14)10-19(15,16)17/h2-10H2,1H3,(H2,12,13,14)(H2,15,16,17)/p-3. The van der Waals surface area contributed by atoms with Gasteiger partial charge in [0.2, 0.25) is 0 Å². The van der Waals surface area contributed by atoms with E-state index in [1.54, 1.807) is 0 Å². The summed E-state index contributed by atoms with van der Waals surface area (Å²) >= 11 is 0. The van der Waals surface area contributed by atoms with Gasteiger partial charge >= 0.3 is 0 Å². The molecule has 0 aliphatic carbocycles. The molecule has 0 bridgehead atoms. The van der Waals surface area contributed by atoms with Crippen molar-refractivity contribution in [3.63, 3.8) is 0 Å². The Hall–Kier alpha value is 0.580. The van der Waals surface area contributed by atoms with E-state index in [9.17, 15) is 24.5 Å². The molecule has 0 aliphatic rings. The van der Waals surface area contributed by atoms with Gasteiger partial charge < -0.3 is 24.5 Å². The van der Waals surface area contributed by atoms with E-state index in [-0.39, 0.29) is 6.54 Å². The molecule has 1 N–H and O–H groups in total. The molecule has 0 aromatic rings. The molecule has 19 heavy (non-hydrogen) atoms. The SMILES string of the molecule is CCCCCCCCN(C[P+]([O-])([O-])[O-])C[P+]([O-])([O-])O. The lowest BCUT2D eigenvalue weighted by molar-refractivity contribution is -0.429. The van der Waals surface area contributed by atoms with Gasteiger partial charge in [0.05, 0.1) is 14.2 Å². The first-order valence-corrected chi connectivity index (χ1v) is 9.89. The Balaban J connectivity index is 3.99. The van der Waals surface area contributed by atoms with Crippen molar-refractivity contribution in [2.75, 3.05) is 19.1 Å². The van der Waals surface area contributed by atoms with E-state index in [1.807, 2.05) is 0 Å². The minimum Gasteiger partial charge on any atom is -0.687 e. The predicted octanol–water partition coefficient (Wildman–Crippen LogP) is -2.12. The third-order valence-electron chi connectivity index (χ3n) is 2.58. The summed E-state index contributed by atoms with van der Waals surface area (Å²) in [5.41, 5.74) is 0. The van der Waals surface area contributed by atoms with Gasteiger partial charge in [0.25, 0.3) is 0 Å². The van der Waals surface area contributed by atoms with Gasteiger partial charge in [-0.2, -0.15) is 0 Å². The zero-order valence-corrected chi connectivity index (χ0v) is 13.0. The van der Waals surface area contributed by atoms with Crippen LogP contribution in [0.4, 0.5) is 0 Å². The molecule has 0 spiro atoms. The second-order valence-corrected chi connectivity index (χ2v) is 7.76. The van der Waals surface area contributed by atoms with Crippen LogP contribution >= 0.6 is 15.9 Å². The number of nitrogens with zero attached hydrogens (tertiary/aromatic N) is 1. The maximum absolute atomic E-state index is 10.7. The van der Waals surface area contributed by atoms with Crippen LogP contribution in [0.2, 0.25) is 0 Å². The van der Waals surface area contributed by atoms with E-state index >= 15 is 0 Å². The average Bonchev–Trinajstić information content (AvgIpc) is 2.18. The molecule has 0 aromatic carbocycles. The van der Waals surface area contributed by atoms with Crippen LogP contribution in [0.1, 0.15) is 45.4 Å². The summed E-state index contributed by atoms with van der Waals surface area (Å²) in [6, 6.07) is 0. The molecular weight excluding hydrogens is 292 g/mol. The minimum atomic E-state index is -4.82. The van der Waals surface area contributed by atoms with Crippen LogP contribution in [-0.4, -0.2) is 28.9 Å². The quantitative estimate of drug-likeness (QED) is 0.340. The Kier molecular flexibility index (Phi) is 9.79. The third-order valence-corrected chi connectivity index (χ3v) is 4.08. The zero-order chi connectivity index (χ0) is 14.9. The van der Waals surface area contributed by atoms with Crippen LogP contribution in [0.3, 0.4) is 0 Å². The molecule has 0 saturated heterocycles. The molecule has 0 fully saturated rings. The summed E-state index contributed by atoms with van der Waals surface area (Å²) in [7, 11) is -9.42. The molecule has 0 aliphatic heterocycles. The average molecular weight is 314 g/mol. The van der Waals surface area contributed by atoms with Crippen molar-refractivity contribution in [2.24, 2.45) is 0 Å². The highest BCUT2D eigenvalue weighted by molar-refractivity contribution is 7.56. The fourth-order valence-corrected chi connectivity index (χ4v) is 3.44. The third kappa shape index (κ3) is 14.8. The number of hydrogen-bond donors (Lipinski definition) is 1. The molecule has 9 heteroatoms. The normalized spacial score (nSPS) is 13.3. The van der Waals surface area contributed by atoms with Gasteiger partial charge in [0.15, 0.2) is 0 Å². The van der Waals surface area contributed by atoms with Crippen LogP contribution in [0.5, 0.6) is 0 Å². The monoisotopic (exact) mass is 314 g/mol. The van der Waals surface area contributed by atoms with Crippen LogP contribution < -0.4 is 24.5 Å². The van der Waals surface area contributed by atoms with E-state index in [0.717, 1.165) is 37.0 Å². The first-order chi connectivity index (χ1) is 8.64. The van der Waals surface area contributed by atoms with Gasteiger partial charge in [-0.25, -0.2) is 4.90 Å². The first kappa shape index (κ1) is 19.6. The predicted molar refractivity (Wildman–Crippen MR) is 65.9 cm³/mol. The number of hydrogen-bond acceptors (Lipinski definition) is 7. The fraction of sp³-hybridized carbons (Fsp3) is 1.00. The van der Waals surface area contributed by atoms with Gasteiger partial charge in [0, 0.05) is 6.54 Å². The highest BCUT2D eigenvalue weighted by atomic mass is 31.2. The summed E-state index contributed by atoms with van der Waals surface area (Å²) in [6.45, 7) is 2.27. The molecule has 0 atom stereocenters. The Labute approximate surface area is 115 Å². The second kappa shape index (κ2) is 9.50. The highest BCUT2D eigenvalue weighted by Crippen LogP contribution is 2.38. The number of unbranched alkanes of at least 4 members (excludes halogenated alkanes) is 5. The van der Waals surface area contributed by atoms with Gasteiger partial charge in [-0.05, 0) is 6.42 Å². The summed E-state index contributed by atoms with van der Waals surface area (Å²) in [6.07, 6.45) is 4.10. The Morgan fingerprint density at radius 1 is 0.842 bits per heavy atom. The van der Waals surface area contributed by atoms with E-state index in [1.165, 1.54) is 0 Å². The molecule has 0 aromatic heterocycles. The lowest BCUT2D eigenvalue weighted by Crippen LogP contribution is -2.44. The zero-order valence-electron chi connectivity index (χ0n) is 11.2. The first-order valence-electron chi connectivity index (χ1n) is 6.40. The van der Waals surface area contributed by atoms with Crippen molar-refractivity contribution >= 4 is 15.9 Å². The fourth-order valence-electron chi connectivity index (χ4n) is 1.80. The number of rotatable bonds is 11. The van der Waals surface area contributed by atoms with Gasteiger partial charge in [-0.15, -0.1) is 7.94 Å². The highest BCUT2D eigenvalue weighted by Gasteiger charge is 2.18. The Morgan fingerprint density at radius 2 is 1.37 bits per heavy atom. The molecular formula is C10H22NO6P2-3. The molecule has 0 saturated carbocycles. The topological polar surface area (TPSA) is 139 Å². The van der Waals surface area contributed by atoms with Crippen molar-refractivity contribution in [1.29, 1.82) is 0 Å². The van der Waals surface area contributed by atoms with Crippen molar-refractivity contribution in [1.82, 2.24) is 4.90 Å². The molecule has 116 valence electrons. The van der Waals surface area contributed by atoms with E-state index in [0.29, 0.717) is 6.42 Å². The largest absolute Gasteiger partial charge is 0.687 e. The molecule has 0 heterocycles. The van der Waals surface area contributed by atoms with Crippen LogP contribution in [0.15, 0.2) is 0 Å². The smallest absolute Gasteiger partial charge is 0.131 e. The van der Waals surface area contributed by atoms with E-state index in [2.05, 4.69) is 6.92 Å². The van der Waals surface area contributed by atoms with Gasteiger partial charge in [-0.3, -0.25) is 4.89 Å². The minimum absolute atomic E-state index is 0.174. The van der Waals surface area contributed by atoms with Crippen molar-refractivity contribution in [3.05, 3.63) is 0 Å². The summed E-state index contributed by atoms with van der Waals surface area (Å²) in [5, 5.41) is 0. The Morgan fingerprint density at radius 3 is 1.84 bits per heavy atom. The van der Waals surface area contributed by atoms with Crippen LogP contribution in [0.25, 0.3) is 0 Å². The molecule has 0 amide bonds. The second-order valence-electron chi connectivity index (χ2n) is 4.69. The van der Waals surface area contributed by atoms with Crippen molar-refractivity contribution in [3.8, 4) is 0 Å². The summed E-state index contributed by atoms with van der Waals surface area (Å²) in [5.74, 6) is 0. The van der Waals surface area contributed by atoms with E-state index in [4.69, 9.17) is 4.89 Å². The summed E-state index contributed by atoms with van der Waals surface area (Å²) < 4.78 is 0. The van der Waals surface area contributed by atoms with Crippen molar-refractivity contribution < 1.29 is 29.4 Å². The lowest BCUT2D eigenvalue weighted by Gasteiger charge is -2.46. The molecule has 0 rings (SSSR count). The lowest BCUT2D eigenvalue weighted by atomic mass is 10.1. The maximum Gasteiger partial charge on any atom is 0.131 e. The summed E-state index contributed by atoms with van der Waals surface area (Å²) in [4.78, 5) is 63.2. The van der Waals surface area contributed by atoms with Gasteiger partial charge in [0.1, 0.15) is 6.29 Å². The molecule has 0 radical (unpaired) electrons. The molecule has 0 unspecified atom stereocenters. The van der Waals surface area contributed by atoms with E-state index < -0.39 is 28.5 Å². The molecule has 7 nitrogen and oxygen atoms in total.